The molecule has 3 N–H and O–H groups in total. The lowest BCUT2D eigenvalue weighted by Crippen LogP contribution is -2.48. The summed E-state index contributed by atoms with van der Waals surface area (Å²) < 4.78 is 24.7. The van der Waals surface area contributed by atoms with Crippen LogP contribution >= 0.6 is 0 Å². The first-order chi connectivity index (χ1) is 9.39. The van der Waals surface area contributed by atoms with Crippen LogP contribution in [0, 0.1) is 5.92 Å². The average molecular weight is 305 g/mol. The first-order valence-electron chi connectivity index (χ1n) is 7.34. The average Bonchev–Trinajstić information content (AvgIpc) is 2.39. The van der Waals surface area contributed by atoms with Gasteiger partial charge in [-0.25, -0.2) is 13.1 Å². The van der Waals surface area contributed by atoms with Crippen molar-refractivity contribution in [1.29, 1.82) is 0 Å². The summed E-state index contributed by atoms with van der Waals surface area (Å²) in [6, 6.07) is 0.131. The van der Waals surface area contributed by atoms with Gasteiger partial charge in [-0.2, -0.15) is 0 Å². The summed E-state index contributed by atoms with van der Waals surface area (Å²) in [4.78, 5) is 14.3. The SMILES string of the molecule is CCC(CN)C(=O)N1CCCCC1CCNS(C)(=O)=O. The van der Waals surface area contributed by atoms with Crippen LogP contribution in [0.2, 0.25) is 0 Å². The molecule has 0 aliphatic carbocycles. The Morgan fingerprint density at radius 2 is 2.15 bits per heavy atom. The number of rotatable bonds is 7. The van der Waals surface area contributed by atoms with E-state index < -0.39 is 10.0 Å². The van der Waals surface area contributed by atoms with Crippen LogP contribution in [-0.4, -0.2) is 51.2 Å². The lowest BCUT2D eigenvalue weighted by molar-refractivity contribution is -0.139. The smallest absolute Gasteiger partial charge is 0.227 e. The Kier molecular flexibility index (Phi) is 6.91. The predicted octanol–water partition coefficient (Wildman–Crippen LogP) is 0.292. The highest BCUT2D eigenvalue weighted by molar-refractivity contribution is 7.88. The maximum Gasteiger partial charge on any atom is 0.227 e. The number of hydrogen-bond acceptors (Lipinski definition) is 4. The quantitative estimate of drug-likeness (QED) is 0.707. The minimum Gasteiger partial charge on any atom is -0.339 e. The predicted molar refractivity (Wildman–Crippen MR) is 79.7 cm³/mol. The Balaban J connectivity index is 2.59. The van der Waals surface area contributed by atoms with Crippen LogP contribution in [-0.2, 0) is 14.8 Å². The third kappa shape index (κ3) is 5.38. The largest absolute Gasteiger partial charge is 0.339 e. The second kappa shape index (κ2) is 7.95. The molecule has 0 saturated carbocycles. The number of carbonyl (C=O) groups excluding carboxylic acids is 1. The van der Waals surface area contributed by atoms with Gasteiger partial charge in [0.25, 0.3) is 0 Å². The molecule has 0 bridgehead atoms. The number of hydrogen-bond donors (Lipinski definition) is 2. The van der Waals surface area contributed by atoms with Gasteiger partial charge in [0.2, 0.25) is 15.9 Å². The maximum absolute atomic E-state index is 12.4. The molecule has 0 aromatic heterocycles. The highest BCUT2D eigenvalue weighted by atomic mass is 32.2. The van der Waals surface area contributed by atoms with E-state index in [4.69, 9.17) is 5.73 Å². The standard InChI is InChI=1S/C13H27N3O3S/c1-3-11(10-14)13(17)16-9-5-4-6-12(16)7-8-15-20(2,18)19/h11-12,15H,3-10,14H2,1-2H3. The van der Waals surface area contributed by atoms with Crippen LogP contribution in [0.4, 0.5) is 0 Å². The minimum atomic E-state index is -3.16. The molecule has 0 radical (unpaired) electrons. The Labute approximate surface area is 122 Å². The van der Waals surface area contributed by atoms with Gasteiger partial charge < -0.3 is 10.6 Å². The zero-order valence-electron chi connectivity index (χ0n) is 12.5. The van der Waals surface area contributed by atoms with E-state index in [9.17, 15) is 13.2 Å². The third-order valence-electron chi connectivity index (χ3n) is 3.88. The second-order valence-corrected chi connectivity index (χ2v) is 7.31. The van der Waals surface area contributed by atoms with E-state index in [1.54, 1.807) is 0 Å². The Hall–Kier alpha value is -0.660. The lowest BCUT2D eigenvalue weighted by atomic mass is 9.96. The van der Waals surface area contributed by atoms with Crippen molar-refractivity contribution in [2.75, 3.05) is 25.9 Å². The summed E-state index contributed by atoms with van der Waals surface area (Å²) >= 11 is 0. The van der Waals surface area contributed by atoms with Crippen molar-refractivity contribution in [2.24, 2.45) is 11.7 Å². The van der Waals surface area contributed by atoms with Crippen molar-refractivity contribution in [3.8, 4) is 0 Å². The molecule has 1 aliphatic rings. The van der Waals surface area contributed by atoms with Gasteiger partial charge in [-0.15, -0.1) is 0 Å². The molecule has 1 heterocycles. The van der Waals surface area contributed by atoms with E-state index in [0.717, 1.165) is 38.5 Å². The molecule has 1 saturated heterocycles. The second-order valence-electron chi connectivity index (χ2n) is 5.48. The van der Waals surface area contributed by atoms with Crippen molar-refractivity contribution in [3.05, 3.63) is 0 Å². The number of piperidine rings is 1. The lowest BCUT2D eigenvalue weighted by Gasteiger charge is -2.37. The van der Waals surface area contributed by atoms with Crippen LogP contribution in [0.1, 0.15) is 39.0 Å². The molecule has 2 atom stereocenters. The molecule has 2 unspecified atom stereocenters. The van der Waals surface area contributed by atoms with E-state index in [0.29, 0.717) is 19.5 Å². The monoisotopic (exact) mass is 305 g/mol. The summed E-state index contributed by atoms with van der Waals surface area (Å²) in [5.41, 5.74) is 5.65. The van der Waals surface area contributed by atoms with Gasteiger partial charge in [-0.3, -0.25) is 4.79 Å². The number of carbonyl (C=O) groups is 1. The van der Waals surface area contributed by atoms with Crippen LogP contribution in [0.15, 0.2) is 0 Å². The summed E-state index contributed by atoms with van der Waals surface area (Å²) in [6.07, 6.45) is 5.62. The van der Waals surface area contributed by atoms with Crippen LogP contribution < -0.4 is 10.5 Å². The number of nitrogens with zero attached hydrogens (tertiary/aromatic N) is 1. The molecule has 118 valence electrons. The molecule has 0 spiro atoms. The fourth-order valence-electron chi connectivity index (χ4n) is 2.68. The van der Waals surface area contributed by atoms with Gasteiger partial charge in [-0.1, -0.05) is 6.92 Å². The number of sulfonamides is 1. The first-order valence-corrected chi connectivity index (χ1v) is 9.23. The van der Waals surface area contributed by atoms with Gasteiger partial charge >= 0.3 is 0 Å². The van der Waals surface area contributed by atoms with Crippen LogP contribution in [0.25, 0.3) is 0 Å². The van der Waals surface area contributed by atoms with Gasteiger partial charge in [0.05, 0.1) is 12.2 Å². The summed E-state index contributed by atoms with van der Waals surface area (Å²) in [6.45, 7) is 3.49. The zero-order valence-corrected chi connectivity index (χ0v) is 13.3. The zero-order chi connectivity index (χ0) is 15.2. The topological polar surface area (TPSA) is 92.5 Å². The molecule has 20 heavy (non-hydrogen) atoms. The van der Waals surface area contributed by atoms with E-state index in [1.807, 2.05) is 11.8 Å². The molecular weight excluding hydrogens is 278 g/mol. The van der Waals surface area contributed by atoms with E-state index in [1.165, 1.54) is 0 Å². The Morgan fingerprint density at radius 1 is 1.45 bits per heavy atom. The van der Waals surface area contributed by atoms with Gasteiger partial charge in [0.1, 0.15) is 0 Å². The van der Waals surface area contributed by atoms with Crippen molar-refractivity contribution in [1.82, 2.24) is 9.62 Å². The summed E-state index contributed by atoms with van der Waals surface area (Å²) in [7, 11) is -3.16. The molecule has 1 aliphatic heterocycles. The van der Waals surface area contributed by atoms with Crippen molar-refractivity contribution < 1.29 is 13.2 Å². The molecule has 7 heteroatoms. The van der Waals surface area contributed by atoms with Crippen LogP contribution in [0.3, 0.4) is 0 Å². The summed E-state index contributed by atoms with van der Waals surface area (Å²) in [5, 5.41) is 0. The molecular formula is C13H27N3O3S. The highest BCUT2D eigenvalue weighted by Gasteiger charge is 2.29. The molecule has 1 amide bonds. The molecule has 0 aromatic rings. The van der Waals surface area contributed by atoms with E-state index in [2.05, 4.69) is 4.72 Å². The third-order valence-corrected chi connectivity index (χ3v) is 4.61. The Bertz CT molecular complexity index is 407. The fraction of sp³-hybridized carbons (Fsp3) is 0.923. The fourth-order valence-corrected chi connectivity index (χ4v) is 3.17. The molecule has 1 fully saturated rings. The van der Waals surface area contributed by atoms with E-state index >= 15 is 0 Å². The van der Waals surface area contributed by atoms with Gasteiger partial charge in [0, 0.05) is 25.7 Å². The summed E-state index contributed by atoms with van der Waals surface area (Å²) in [5.74, 6) is 0.0116. The number of nitrogens with one attached hydrogen (secondary N) is 1. The molecule has 6 nitrogen and oxygen atoms in total. The van der Waals surface area contributed by atoms with Gasteiger partial charge in [0.15, 0.2) is 0 Å². The molecule has 0 aromatic carbocycles. The number of nitrogens with two attached hydrogens (primary N) is 1. The number of likely N-dealkylation sites (tertiary alicyclic amines) is 1. The first kappa shape index (κ1) is 17.4. The van der Waals surface area contributed by atoms with Crippen molar-refractivity contribution >= 4 is 15.9 Å². The molecule has 1 rings (SSSR count). The highest BCUT2D eigenvalue weighted by Crippen LogP contribution is 2.22. The van der Waals surface area contributed by atoms with Crippen molar-refractivity contribution in [2.45, 2.75) is 45.1 Å². The maximum atomic E-state index is 12.4. The van der Waals surface area contributed by atoms with E-state index in [-0.39, 0.29) is 17.9 Å². The Morgan fingerprint density at radius 3 is 2.70 bits per heavy atom. The van der Waals surface area contributed by atoms with Crippen molar-refractivity contribution in [3.63, 3.8) is 0 Å². The van der Waals surface area contributed by atoms with Gasteiger partial charge in [-0.05, 0) is 32.1 Å². The number of amides is 1. The van der Waals surface area contributed by atoms with Crippen LogP contribution in [0.5, 0.6) is 0 Å². The minimum absolute atomic E-state index is 0.113. The normalized spacial score (nSPS) is 21.8.